The lowest BCUT2D eigenvalue weighted by molar-refractivity contribution is 0.506. The van der Waals surface area contributed by atoms with Crippen LogP contribution in [0.1, 0.15) is 5.76 Å². The molecule has 2 aromatic rings. The molecule has 0 atom stereocenters. The van der Waals surface area contributed by atoms with E-state index >= 15 is 0 Å². The molecule has 0 fully saturated rings. The highest BCUT2D eigenvalue weighted by Crippen LogP contribution is 2.06. The van der Waals surface area contributed by atoms with Crippen LogP contribution in [0.2, 0.25) is 0 Å². The van der Waals surface area contributed by atoms with E-state index in [0.29, 0.717) is 12.2 Å². The molecule has 0 bridgehead atoms. The summed E-state index contributed by atoms with van der Waals surface area (Å²) in [6, 6.07) is 3.53. The van der Waals surface area contributed by atoms with Crippen molar-refractivity contribution in [2.75, 3.05) is 12.3 Å². The average Bonchev–Trinajstić information content (AvgIpc) is 2.82. The summed E-state index contributed by atoms with van der Waals surface area (Å²) in [5.41, 5.74) is 5.28. The second-order valence-corrected chi connectivity index (χ2v) is 5.27. The van der Waals surface area contributed by atoms with Crippen LogP contribution in [0.4, 0.5) is 5.95 Å². The van der Waals surface area contributed by atoms with Crippen molar-refractivity contribution in [1.82, 2.24) is 14.7 Å². The number of hydrogen-bond acceptors (Lipinski definition) is 6. The number of aromatic nitrogens is 2. The summed E-state index contributed by atoms with van der Waals surface area (Å²) in [6.07, 6.45) is 4.34. The SMILES string of the molecule is Nc1ncc(S(=O)(=O)NCCc2ccco2)cn1. The lowest BCUT2D eigenvalue weighted by Crippen LogP contribution is -2.26. The van der Waals surface area contributed by atoms with Gasteiger partial charge in [-0.25, -0.2) is 23.1 Å². The molecule has 0 saturated carbocycles. The third-order valence-electron chi connectivity index (χ3n) is 2.20. The number of furan rings is 1. The van der Waals surface area contributed by atoms with Gasteiger partial charge in [-0.05, 0) is 12.1 Å². The summed E-state index contributed by atoms with van der Waals surface area (Å²) in [5.74, 6) is 0.746. The fourth-order valence-corrected chi connectivity index (χ4v) is 2.23. The van der Waals surface area contributed by atoms with Crippen LogP contribution in [-0.2, 0) is 16.4 Å². The van der Waals surface area contributed by atoms with Crippen LogP contribution in [0.25, 0.3) is 0 Å². The highest BCUT2D eigenvalue weighted by atomic mass is 32.2. The number of nitrogens with zero attached hydrogens (tertiary/aromatic N) is 2. The standard InChI is InChI=1S/C10H12N4O3S/c11-10-12-6-9(7-13-10)18(15,16)14-4-3-8-2-1-5-17-8/h1-2,5-7,14H,3-4H2,(H2,11,12,13). The smallest absolute Gasteiger partial charge is 0.243 e. The van der Waals surface area contributed by atoms with E-state index in [1.54, 1.807) is 12.1 Å². The second-order valence-electron chi connectivity index (χ2n) is 3.50. The molecule has 0 spiro atoms. The maximum absolute atomic E-state index is 11.8. The second kappa shape index (κ2) is 5.15. The van der Waals surface area contributed by atoms with Crippen molar-refractivity contribution >= 4 is 16.0 Å². The molecule has 96 valence electrons. The molecule has 0 aliphatic heterocycles. The zero-order chi connectivity index (χ0) is 13.0. The van der Waals surface area contributed by atoms with Crippen LogP contribution in [-0.4, -0.2) is 24.9 Å². The van der Waals surface area contributed by atoms with E-state index < -0.39 is 10.0 Å². The van der Waals surface area contributed by atoms with Crippen molar-refractivity contribution in [3.63, 3.8) is 0 Å². The van der Waals surface area contributed by atoms with E-state index in [4.69, 9.17) is 10.2 Å². The molecular weight excluding hydrogens is 256 g/mol. The van der Waals surface area contributed by atoms with Crippen LogP contribution in [0, 0.1) is 0 Å². The fourth-order valence-electron chi connectivity index (χ4n) is 1.31. The molecule has 2 heterocycles. The van der Waals surface area contributed by atoms with Gasteiger partial charge in [-0.15, -0.1) is 0 Å². The first-order valence-corrected chi connectivity index (χ1v) is 6.66. The minimum Gasteiger partial charge on any atom is -0.469 e. The highest BCUT2D eigenvalue weighted by Gasteiger charge is 2.14. The summed E-state index contributed by atoms with van der Waals surface area (Å²) in [7, 11) is -3.60. The summed E-state index contributed by atoms with van der Waals surface area (Å²) >= 11 is 0. The van der Waals surface area contributed by atoms with E-state index in [-0.39, 0.29) is 17.4 Å². The van der Waals surface area contributed by atoms with Gasteiger partial charge in [0.1, 0.15) is 10.7 Å². The first kappa shape index (κ1) is 12.5. The maximum Gasteiger partial charge on any atom is 0.243 e. The van der Waals surface area contributed by atoms with Crippen LogP contribution in [0.15, 0.2) is 40.1 Å². The minimum atomic E-state index is -3.60. The first-order chi connectivity index (χ1) is 8.58. The predicted molar refractivity (Wildman–Crippen MR) is 64.0 cm³/mol. The molecule has 0 aromatic carbocycles. The number of hydrogen-bond donors (Lipinski definition) is 2. The Kier molecular flexibility index (Phi) is 3.58. The lowest BCUT2D eigenvalue weighted by atomic mass is 10.3. The average molecular weight is 268 g/mol. The normalized spacial score (nSPS) is 11.6. The Labute approximate surface area is 104 Å². The van der Waals surface area contributed by atoms with Crippen molar-refractivity contribution in [2.24, 2.45) is 0 Å². The van der Waals surface area contributed by atoms with E-state index in [1.165, 1.54) is 6.26 Å². The van der Waals surface area contributed by atoms with Crippen molar-refractivity contribution in [2.45, 2.75) is 11.3 Å². The fraction of sp³-hybridized carbons (Fsp3) is 0.200. The highest BCUT2D eigenvalue weighted by molar-refractivity contribution is 7.89. The van der Waals surface area contributed by atoms with E-state index in [2.05, 4.69) is 14.7 Å². The number of rotatable bonds is 5. The Balaban J connectivity index is 1.97. The summed E-state index contributed by atoms with van der Waals surface area (Å²) in [6.45, 7) is 0.236. The molecule has 8 heteroatoms. The van der Waals surface area contributed by atoms with E-state index in [0.717, 1.165) is 12.4 Å². The zero-order valence-electron chi connectivity index (χ0n) is 9.41. The van der Waals surface area contributed by atoms with Gasteiger partial charge in [-0.3, -0.25) is 0 Å². The summed E-state index contributed by atoms with van der Waals surface area (Å²) in [5, 5.41) is 0. The van der Waals surface area contributed by atoms with Crippen LogP contribution >= 0.6 is 0 Å². The van der Waals surface area contributed by atoms with Crippen molar-refractivity contribution in [3.05, 3.63) is 36.5 Å². The lowest BCUT2D eigenvalue weighted by Gasteiger charge is -2.05. The van der Waals surface area contributed by atoms with Gasteiger partial charge in [0.15, 0.2) is 0 Å². The number of nitrogens with two attached hydrogens (primary N) is 1. The Morgan fingerprint density at radius 1 is 1.33 bits per heavy atom. The van der Waals surface area contributed by atoms with Gasteiger partial charge < -0.3 is 10.2 Å². The Morgan fingerprint density at radius 2 is 2.06 bits per heavy atom. The largest absolute Gasteiger partial charge is 0.469 e. The van der Waals surface area contributed by atoms with Crippen molar-refractivity contribution in [1.29, 1.82) is 0 Å². The minimum absolute atomic E-state index is 0.0175. The number of nitrogen functional groups attached to an aromatic ring is 1. The number of anilines is 1. The molecule has 3 N–H and O–H groups in total. The van der Waals surface area contributed by atoms with Gasteiger partial charge in [-0.1, -0.05) is 0 Å². The monoisotopic (exact) mass is 268 g/mol. The van der Waals surface area contributed by atoms with Crippen LogP contribution in [0.5, 0.6) is 0 Å². The summed E-state index contributed by atoms with van der Waals surface area (Å²) < 4.78 is 31.1. The van der Waals surface area contributed by atoms with Gasteiger partial charge in [0.2, 0.25) is 16.0 Å². The van der Waals surface area contributed by atoms with Gasteiger partial charge in [-0.2, -0.15) is 0 Å². The Morgan fingerprint density at radius 3 is 2.67 bits per heavy atom. The number of nitrogens with one attached hydrogen (secondary N) is 1. The molecule has 0 amide bonds. The molecule has 2 rings (SSSR count). The zero-order valence-corrected chi connectivity index (χ0v) is 10.2. The Hall–Kier alpha value is -1.93. The molecule has 18 heavy (non-hydrogen) atoms. The molecular formula is C10H12N4O3S. The van der Waals surface area contributed by atoms with Gasteiger partial charge >= 0.3 is 0 Å². The van der Waals surface area contributed by atoms with Crippen molar-refractivity contribution in [3.8, 4) is 0 Å². The Bertz CT molecular complexity index is 593. The van der Waals surface area contributed by atoms with Crippen LogP contribution < -0.4 is 10.5 Å². The third-order valence-corrected chi connectivity index (χ3v) is 3.62. The quantitative estimate of drug-likeness (QED) is 0.799. The predicted octanol–water partition coefficient (Wildman–Crippen LogP) is 0.173. The molecule has 0 unspecified atom stereocenters. The molecule has 0 saturated heterocycles. The molecule has 2 aromatic heterocycles. The first-order valence-electron chi connectivity index (χ1n) is 5.17. The van der Waals surface area contributed by atoms with Crippen molar-refractivity contribution < 1.29 is 12.8 Å². The van der Waals surface area contributed by atoms with E-state index in [9.17, 15) is 8.42 Å². The molecule has 0 aliphatic rings. The summed E-state index contributed by atoms with van der Waals surface area (Å²) in [4.78, 5) is 7.25. The topological polar surface area (TPSA) is 111 Å². The number of sulfonamides is 1. The molecule has 0 aliphatic carbocycles. The molecule has 0 radical (unpaired) electrons. The van der Waals surface area contributed by atoms with Gasteiger partial charge in [0, 0.05) is 13.0 Å². The van der Waals surface area contributed by atoms with Gasteiger partial charge in [0.05, 0.1) is 18.7 Å². The third kappa shape index (κ3) is 3.05. The van der Waals surface area contributed by atoms with E-state index in [1.807, 2.05) is 0 Å². The maximum atomic E-state index is 11.8. The molecule has 7 nitrogen and oxygen atoms in total. The van der Waals surface area contributed by atoms with Crippen LogP contribution in [0.3, 0.4) is 0 Å². The van der Waals surface area contributed by atoms with Gasteiger partial charge in [0.25, 0.3) is 0 Å².